The van der Waals surface area contributed by atoms with Crippen molar-refractivity contribution < 1.29 is 13.6 Å². The quantitative estimate of drug-likeness (QED) is 0.795. The summed E-state index contributed by atoms with van der Waals surface area (Å²) in [7, 11) is 1.49. The van der Waals surface area contributed by atoms with E-state index >= 15 is 0 Å². The first-order chi connectivity index (χ1) is 11.9. The van der Waals surface area contributed by atoms with Gasteiger partial charge in [-0.05, 0) is 30.7 Å². The number of rotatable bonds is 3. The van der Waals surface area contributed by atoms with E-state index in [0.29, 0.717) is 11.3 Å². The van der Waals surface area contributed by atoms with Gasteiger partial charge in [0, 0.05) is 24.7 Å². The predicted molar refractivity (Wildman–Crippen MR) is 91.5 cm³/mol. The molecule has 0 aliphatic rings. The fourth-order valence-electron chi connectivity index (χ4n) is 2.84. The Morgan fingerprint density at radius 1 is 1.16 bits per heavy atom. The Bertz CT molecular complexity index is 1040. The summed E-state index contributed by atoms with van der Waals surface area (Å²) in [4.78, 5) is 25.0. The summed E-state index contributed by atoms with van der Waals surface area (Å²) in [5.74, 6) is -1.51. The number of nitrogens with one attached hydrogen (secondary N) is 1. The molecule has 0 unspecified atom stereocenters. The van der Waals surface area contributed by atoms with Crippen LogP contribution in [-0.4, -0.2) is 10.5 Å². The number of hydrogen-bond acceptors (Lipinski definition) is 2. The zero-order valence-corrected chi connectivity index (χ0v) is 13.8. The summed E-state index contributed by atoms with van der Waals surface area (Å²) in [5.41, 5.74) is 0.770. The van der Waals surface area contributed by atoms with Crippen LogP contribution in [0.4, 0.5) is 8.78 Å². The fraction of sp³-hybridized carbons (Fsp3) is 0.158. The van der Waals surface area contributed by atoms with Crippen molar-refractivity contribution in [2.45, 2.75) is 13.5 Å². The van der Waals surface area contributed by atoms with E-state index in [1.165, 1.54) is 35.9 Å². The molecule has 1 heterocycles. The molecule has 0 saturated carbocycles. The highest BCUT2D eigenvalue weighted by atomic mass is 19.1. The molecule has 3 aromatic rings. The van der Waals surface area contributed by atoms with E-state index < -0.39 is 23.1 Å². The molecule has 0 bridgehead atoms. The monoisotopic (exact) mass is 342 g/mol. The van der Waals surface area contributed by atoms with E-state index in [4.69, 9.17) is 0 Å². The van der Waals surface area contributed by atoms with Crippen LogP contribution < -0.4 is 10.9 Å². The minimum atomic E-state index is -0.669. The fourth-order valence-corrected chi connectivity index (χ4v) is 2.84. The Morgan fingerprint density at radius 3 is 2.60 bits per heavy atom. The molecule has 2 aromatic carbocycles. The zero-order chi connectivity index (χ0) is 18.1. The third-order valence-corrected chi connectivity index (χ3v) is 4.24. The SMILES string of the molecule is Cc1c(C(=O)NCc2cccc(F)c2)c2cccc(F)c2c(=O)n1C. The first kappa shape index (κ1) is 16.8. The van der Waals surface area contributed by atoms with E-state index in [1.54, 1.807) is 25.1 Å². The first-order valence-corrected chi connectivity index (χ1v) is 7.70. The van der Waals surface area contributed by atoms with Crippen molar-refractivity contribution in [2.24, 2.45) is 7.05 Å². The van der Waals surface area contributed by atoms with Crippen LogP contribution in [-0.2, 0) is 13.6 Å². The molecule has 1 amide bonds. The first-order valence-electron chi connectivity index (χ1n) is 7.70. The van der Waals surface area contributed by atoms with Crippen LogP contribution in [0.1, 0.15) is 21.6 Å². The summed E-state index contributed by atoms with van der Waals surface area (Å²) in [5, 5.41) is 2.84. The smallest absolute Gasteiger partial charge is 0.261 e. The van der Waals surface area contributed by atoms with E-state index in [9.17, 15) is 18.4 Å². The van der Waals surface area contributed by atoms with E-state index in [0.717, 1.165) is 0 Å². The summed E-state index contributed by atoms with van der Waals surface area (Å²) in [6.45, 7) is 1.75. The van der Waals surface area contributed by atoms with Gasteiger partial charge in [0.25, 0.3) is 11.5 Å². The number of hydrogen-bond donors (Lipinski definition) is 1. The Morgan fingerprint density at radius 2 is 1.88 bits per heavy atom. The Hall–Kier alpha value is -3.02. The predicted octanol–water partition coefficient (Wildman–Crippen LogP) is 3.06. The molecule has 0 fully saturated rings. The molecule has 0 aliphatic heterocycles. The molecule has 1 N–H and O–H groups in total. The highest BCUT2D eigenvalue weighted by molar-refractivity contribution is 6.07. The van der Waals surface area contributed by atoms with Gasteiger partial charge in [0.05, 0.1) is 10.9 Å². The van der Waals surface area contributed by atoms with Crippen molar-refractivity contribution in [3.05, 3.63) is 81.3 Å². The van der Waals surface area contributed by atoms with Gasteiger partial charge in [-0.2, -0.15) is 0 Å². The average molecular weight is 342 g/mol. The maximum Gasteiger partial charge on any atom is 0.261 e. The van der Waals surface area contributed by atoms with Crippen LogP contribution in [0.25, 0.3) is 10.8 Å². The second-order valence-electron chi connectivity index (χ2n) is 5.80. The Kier molecular flexibility index (Phi) is 4.35. The van der Waals surface area contributed by atoms with Crippen molar-refractivity contribution in [3.8, 4) is 0 Å². The lowest BCUT2D eigenvalue weighted by atomic mass is 10.0. The van der Waals surface area contributed by atoms with Gasteiger partial charge in [0.2, 0.25) is 0 Å². The van der Waals surface area contributed by atoms with E-state index in [2.05, 4.69) is 5.32 Å². The van der Waals surface area contributed by atoms with Crippen molar-refractivity contribution in [3.63, 3.8) is 0 Å². The molecule has 0 saturated heterocycles. The average Bonchev–Trinajstić information content (AvgIpc) is 2.58. The van der Waals surface area contributed by atoms with Crippen LogP contribution in [0.5, 0.6) is 0 Å². The van der Waals surface area contributed by atoms with Crippen molar-refractivity contribution in [1.29, 1.82) is 0 Å². The Labute approximate surface area is 142 Å². The molecule has 128 valence electrons. The van der Waals surface area contributed by atoms with Crippen LogP contribution in [0.3, 0.4) is 0 Å². The minimum absolute atomic E-state index is 0.119. The molecular weight excluding hydrogens is 326 g/mol. The lowest BCUT2D eigenvalue weighted by Crippen LogP contribution is -2.29. The van der Waals surface area contributed by atoms with E-state index in [1.807, 2.05) is 0 Å². The van der Waals surface area contributed by atoms with Gasteiger partial charge >= 0.3 is 0 Å². The number of halogens is 2. The second-order valence-corrected chi connectivity index (χ2v) is 5.80. The van der Waals surface area contributed by atoms with Gasteiger partial charge in [0.1, 0.15) is 11.6 Å². The van der Waals surface area contributed by atoms with Crippen LogP contribution >= 0.6 is 0 Å². The maximum absolute atomic E-state index is 14.1. The normalized spacial score (nSPS) is 10.9. The number of aromatic nitrogens is 1. The molecule has 3 rings (SSSR count). The van der Waals surface area contributed by atoms with Crippen LogP contribution in [0.2, 0.25) is 0 Å². The summed E-state index contributed by atoms with van der Waals surface area (Å²) in [6, 6.07) is 10.1. The maximum atomic E-state index is 14.1. The number of nitrogens with zero attached hydrogens (tertiary/aromatic N) is 1. The zero-order valence-electron chi connectivity index (χ0n) is 13.8. The lowest BCUT2D eigenvalue weighted by molar-refractivity contribution is 0.0951. The van der Waals surface area contributed by atoms with Gasteiger partial charge in [-0.1, -0.05) is 24.3 Å². The molecule has 4 nitrogen and oxygen atoms in total. The largest absolute Gasteiger partial charge is 0.348 e. The third-order valence-electron chi connectivity index (χ3n) is 4.24. The molecule has 0 aliphatic carbocycles. The number of fused-ring (bicyclic) bond motifs is 1. The van der Waals surface area contributed by atoms with Crippen molar-refractivity contribution >= 4 is 16.7 Å². The molecule has 25 heavy (non-hydrogen) atoms. The summed E-state index contributed by atoms with van der Waals surface area (Å²) >= 11 is 0. The number of benzene rings is 2. The molecule has 1 aromatic heterocycles. The van der Waals surface area contributed by atoms with Gasteiger partial charge in [-0.25, -0.2) is 8.78 Å². The molecule has 6 heteroatoms. The van der Waals surface area contributed by atoms with Gasteiger partial charge < -0.3 is 9.88 Å². The number of carbonyl (C=O) groups excluding carboxylic acids is 1. The Balaban J connectivity index is 2.04. The standard InChI is InChI=1S/C19H16F2N2O2/c1-11-16(18(24)22-10-12-5-3-6-13(20)9-12)14-7-4-8-15(21)17(14)19(25)23(11)2/h3-9H,10H2,1-2H3,(H,22,24). The second kappa shape index (κ2) is 6.47. The molecule has 0 atom stereocenters. The third kappa shape index (κ3) is 3.03. The van der Waals surface area contributed by atoms with Gasteiger partial charge in [-0.3, -0.25) is 9.59 Å². The number of pyridine rings is 1. The lowest BCUT2D eigenvalue weighted by Gasteiger charge is -2.14. The number of amides is 1. The highest BCUT2D eigenvalue weighted by Gasteiger charge is 2.19. The van der Waals surface area contributed by atoms with E-state index in [-0.39, 0.29) is 22.9 Å². The highest BCUT2D eigenvalue weighted by Crippen LogP contribution is 2.21. The van der Waals surface area contributed by atoms with Crippen LogP contribution in [0.15, 0.2) is 47.3 Å². The van der Waals surface area contributed by atoms with Crippen LogP contribution in [0, 0.1) is 18.6 Å². The molecular formula is C19H16F2N2O2. The van der Waals surface area contributed by atoms with Gasteiger partial charge in [-0.15, -0.1) is 0 Å². The molecule has 0 radical (unpaired) electrons. The topological polar surface area (TPSA) is 51.1 Å². The summed E-state index contributed by atoms with van der Waals surface area (Å²) in [6.07, 6.45) is 0. The summed E-state index contributed by atoms with van der Waals surface area (Å²) < 4.78 is 28.6. The minimum Gasteiger partial charge on any atom is -0.348 e. The number of carbonyl (C=O) groups is 1. The van der Waals surface area contributed by atoms with Gasteiger partial charge in [0.15, 0.2) is 0 Å². The van der Waals surface area contributed by atoms with Crippen molar-refractivity contribution in [2.75, 3.05) is 0 Å². The molecule has 0 spiro atoms. The van der Waals surface area contributed by atoms with Crippen molar-refractivity contribution in [1.82, 2.24) is 9.88 Å².